The third kappa shape index (κ3) is 3.71. The smallest absolute Gasteiger partial charge is 0.282 e. The Morgan fingerprint density at radius 3 is 2.28 bits per heavy atom. The first-order valence-electron chi connectivity index (χ1n) is 8.53. The van der Waals surface area contributed by atoms with E-state index in [1.807, 2.05) is 19.9 Å². The highest BCUT2D eigenvalue weighted by molar-refractivity contribution is 7.86. The Kier molecular flexibility index (Phi) is 5.42. The van der Waals surface area contributed by atoms with Gasteiger partial charge in [0.15, 0.2) is 0 Å². The van der Waals surface area contributed by atoms with E-state index >= 15 is 0 Å². The normalized spacial score (nSPS) is 22.1. The van der Waals surface area contributed by atoms with Gasteiger partial charge in [0, 0.05) is 51.2 Å². The molecule has 2 saturated heterocycles. The lowest BCUT2D eigenvalue weighted by Crippen LogP contribution is -2.56. The van der Waals surface area contributed by atoms with Crippen molar-refractivity contribution in [2.75, 3.05) is 52.5 Å². The Morgan fingerprint density at radius 1 is 1.12 bits per heavy atom. The van der Waals surface area contributed by atoms with E-state index < -0.39 is 16.3 Å². The van der Waals surface area contributed by atoms with Crippen LogP contribution in [0.25, 0.3) is 0 Å². The molecule has 0 N–H and O–H groups in total. The Morgan fingerprint density at radius 2 is 1.72 bits per heavy atom. The van der Waals surface area contributed by atoms with Crippen LogP contribution in [0.5, 0.6) is 0 Å². The first-order valence-corrected chi connectivity index (χ1v) is 9.93. The molecule has 3 rings (SSSR count). The largest absolute Gasteiger partial charge is 0.379 e. The first-order chi connectivity index (χ1) is 11.9. The summed E-state index contributed by atoms with van der Waals surface area (Å²) in [7, 11) is -3.47. The lowest BCUT2D eigenvalue weighted by molar-refractivity contribution is -0.135. The van der Waals surface area contributed by atoms with Crippen molar-refractivity contribution in [2.45, 2.75) is 19.9 Å². The average Bonchev–Trinajstić information content (AvgIpc) is 3.07. The maximum absolute atomic E-state index is 12.7. The van der Waals surface area contributed by atoms with Gasteiger partial charge in [-0.1, -0.05) is 0 Å². The second kappa shape index (κ2) is 7.40. The molecular weight excluding hydrogens is 346 g/mol. The fourth-order valence-electron chi connectivity index (χ4n) is 3.23. The molecule has 1 atom stereocenters. The number of ether oxygens (including phenoxy) is 1. The Hall–Kier alpha value is -1.49. The topological polar surface area (TPSA) is 88.0 Å². The van der Waals surface area contributed by atoms with Crippen LogP contribution in [0.4, 0.5) is 0 Å². The summed E-state index contributed by atoms with van der Waals surface area (Å²) in [5.41, 5.74) is 0.925. The third-order valence-electron chi connectivity index (χ3n) is 4.77. The molecule has 10 heteroatoms. The SMILES string of the molecule is Cc1ccnn1C(C)C(=O)N1CCN(S(=O)(=O)N2CCOCC2)CC1. The zero-order chi connectivity index (χ0) is 18.0. The fourth-order valence-corrected chi connectivity index (χ4v) is 4.80. The van der Waals surface area contributed by atoms with Gasteiger partial charge >= 0.3 is 0 Å². The lowest BCUT2D eigenvalue weighted by atomic mass is 10.2. The highest BCUT2D eigenvalue weighted by Crippen LogP contribution is 2.17. The van der Waals surface area contributed by atoms with E-state index in [0.29, 0.717) is 52.5 Å². The summed E-state index contributed by atoms with van der Waals surface area (Å²) >= 11 is 0. The van der Waals surface area contributed by atoms with Gasteiger partial charge in [0.05, 0.1) is 13.2 Å². The number of hydrogen-bond acceptors (Lipinski definition) is 5. The third-order valence-corrected chi connectivity index (χ3v) is 6.80. The molecule has 25 heavy (non-hydrogen) atoms. The molecule has 2 aliphatic heterocycles. The van der Waals surface area contributed by atoms with Crippen molar-refractivity contribution in [1.82, 2.24) is 23.3 Å². The van der Waals surface area contributed by atoms with Crippen molar-refractivity contribution in [3.8, 4) is 0 Å². The summed E-state index contributed by atoms with van der Waals surface area (Å²) in [6.45, 7) is 6.78. The van der Waals surface area contributed by atoms with Gasteiger partial charge < -0.3 is 9.64 Å². The standard InChI is InChI=1S/C15H25N5O4S/c1-13-3-4-16-20(13)14(2)15(21)17-5-7-18(8-6-17)25(22,23)19-9-11-24-12-10-19/h3-4,14H,5-12H2,1-2H3. The van der Waals surface area contributed by atoms with E-state index in [9.17, 15) is 13.2 Å². The number of nitrogens with zero attached hydrogens (tertiary/aromatic N) is 5. The molecule has 3 heterocycles. The minimum Gasteiger partial charge on any atom is -0.379 e. The molecule has 1 aromatic rings. The molecule has 0 aromatic carbocycles. The zero-order valence-corrected chi connectivity index (χ0v) is 15.5. The molecule has 2 fully saturated rings. The van der Waals surface area contributed by atoms with E-state index in [-0.39, 0.29) is 5.91 Å². The monoisotopic (exact) mass is 371 g/mol. The number of carbonyl (C=O) groups excluding carboxylic acids is 1. The number of hydrogen-bond donors (Lipinski definition) is 0. The molecule has 1 unspecified atom stereocenters. The molecule has 9 nitrogen and oxygen atoms in total. The van der Waals surface area contributed by atoms with Crippen LogP contribution in [0.2, 0.25) is 0 Å². The molecule has 0 spiro atoms. The summed E-state index contributed by atoms with van der Waals surface area (Å²) in [4.78, 5) is 14.4. The van der Waals surface area contributed by atoms with Crippen LogP contribution >= 0.6 is 0 Å². The van der Waals surface area contributed by atoms with Crippen molar-refractivity contribution in [3.05, 3.63) is 18.0 Å². The van der Waals surface area contributed by atoms with Gasteiger partial charge in [-0.3, -0.25) is 9.48 Å². The van der Waals surface area contributed by atoms with Crippen molar-refractivity contribution in [1.29, 1.82) is 0 Å². The predicted molar refractivity (Wildman–Crippen MR) is 91.1 cm³/mol. The second-order valence-electron chi connectivity index (χ2n) is 6.34. The van der Waals surface area contributed by atoms with Crippen molar-refractivity contribution in [3.63, 3.8) is 0 Å². The van der Waals surface area contributed by atoms with Crippen LogP contribution in [0.15, 0.2) is 12.3 Å². The molecule has 1 aromatic heterocycles. The zero-order valence-electron chi connectivity index (χ0n) is 14.7. The van der Waals surface area contributed by atoms with Gasteiger partial charge in [-0.05, 0) is 19.9 Å². The van der Waals surface area contributed by atoms with Crippen LogP contribution < -0.4 is 0 Å². The number of carbonyl (C=O) groups is 1. The summed E-state index contributed by atoms with van der Waals surface area (Å²) in [5.74, 6) is -0.0322. The fraction of sp³-hybridized carbons (Fsp3) is 0.733. The van der Waals surface area contributed by atoms with E-state index in [1.165, 1.54) is 8.61 Å². The van der Waals surface area contributed by atoms with Crippen molar-refractivity contribution in [2.24, 2.45) is 0 Å². The van der Waals surface area contributed by atoms with Crippen LogP contribution in [0, 0.1) is 6.92 Å². The van der Waals surface area contributed by atoms with Gasteiger partial charge in [0.25, 0.3) is 10.2 Å². The van der Waals surface area contributed by atoms with Crippen LogP contribution in [0.3, 0.4) is 0 Å². The summed E-state index contributed by atoms with van der Waals surface area (Å²) < 4.78 is 35.2. The minimum absolute atomic E-state index is 0.0322. The van der Waals surface area contributed by atoms with Gasteiger partial charge in [0.1, 0.15) is 6.04 Å². The summed E-state index contributed by atoms with van der Waals surface area (Å²) in [6, 6.07) is 1.47. The van der Waals surface area contributed by atoms with Gasteiger partial charge in [-0.2, -0.15) is 22.1 Å². The molecule has 1 amide bonds. The summed E-state index contributed by atoms with van der Waals surface area (Å²) in [5, 5.41) is 4.19. The number of morpholine rings is 1. The van der Waals surface area contributed by atoms with Gasteiger partial charge in [0.2, 0.25) is 5.91 Å². The quantitative estimate of drug-likeness (QED) is 0.710. The average molecular weight is 371 g/mol. The number of amides is 1. The predicted octanol–water partition coefficient (Wildman–Crippen LogP) is -0.526. The van der Waals surface area contributed by atoms with Crippen molar-refractivity contribution < 1.29 is 17.9 Å². The number of aromatic nitrogens is 2. The Balaban J connectivity index is 1.59. The molecule has 0 aliphatic carbocycles. The lowest BCUT2D eigenvalue weighted by Gasteiger charge is -2.38. The van der Waals surface area contributed by atoms with E-state index in [2.05, 4.69) is 5.10 Å². The van der Waals surface area contributed by atoms with E-state index in [1.54, 1.807) is 15.8 Å². The molecule has 0 radical (unpaired) electrons. The minimum atomic E-state index is -3.47. The van der Waals surface area contributed by atoms with Gasteiger partial charge in [-0.25, -0.2) is 0 Å². The maximum Gasteiger partial charge on any atom is 0.282 e. The molecular formula is C15H25N5O4S. The first kappa shape index (κ1) is 18.3. The number of rotatable bonds is 4. The van der Waals surface area contributed by atoms with Gasteiger partial charge in [-0.15, -0.1) is 0 Å². The van der Waals surface area contributed by atoms with Crippen LogP contribution in [-0.2, 0) is 19.7 Å². The van der Waals surface area contributed by atoms with Crippen LogP contribution in [-0.4, -0.2) is 90.1 Å². The molecule has 2 aliphatic rings. The van der Waals surface area contributed by atoms with Crippen molar-refractivity contribution >= 4 is 16.1 Å². The second-order valence-corrected chi connectivity index (χ2v) is 8.27. The molecule has 140 valence electrons. The summed E-state index contributed by atoms with van der Waals surface area (Å²) in [6.07, 6.45) is 1.67. The number of aryl methyl sites for hydroxylation is 1. The van der Waals surface area contributed by atoms with E-state index in [4.69, 9.17) is 4.74 Å². The highest BCUT2D eigenvalue weighted by atomic mass is 32.2. The Bertz CT molecular complexity index is 705. The number of piperazine rings is 1. The highest BCUT2D eigenvalue weighted by Gasteiger charge is 2.35. The molecule has 0 saturated carbocycles. The maximum atomic E-state index is 12.7. The van der Waals surface area contributed by atoms with Crippen LogP contribution in [0.1, 0.15) is 18.7 Å². The van der Waals surface area contributed by atoms with E-state index in [0.717, 1.165) is 5.69 Å². The Labute approximate surface area is 148 Å². The molecule has 0 bridgehead atoms.